The summed E-state index contributed by atoms with van der Waals surface area (Å²) in [5, 5.41) is 3.39. The summed E-state index contributed by atoms with van der Waals surface area (Å²) in [6.07, 6.45) is 5.08. The summed E-state index contributed by atoms with van der Waals surface area (Å²) in [6, 6.07) is 8.93. The number of unbranched alkanes of at least 4 members (excludes halogenated alkanes) is 1. The van der Waals surface area contributed by atoms with Crippen LogP contribution in [0.25, 0.3) is 0 Å². The van der Waals surface area contributed by atoms with Crippen LogP contribution in [-0.4, -0.2) is 37.6 Å². The van der Waals surface area contributed by atoms with Gasteiger partial charge in [0.2, 0.25) is 0 Å². The van der Waals surface area contributed by atoms with Gasteiger partial charge >= 0.3 is 0 Å². The SMILES string of the molecule is CCNCCCCN1CCc2ccccc2CC1. The fourth-order valence-electron chi connectivity index (χ4n) is 2.70. The zero-order valence-electron chi connectivity index (χ0n) is 11.6. The largest absolute Gasteiger partial charge is 0.317 e. The third-order valence-electron chi connectivity index (χ3n) is 3.84. The van der Waals surface area contributed by atoms with Crippen LogP contribution in [0.15, 0.2) is 24.3 Å². The number of nitrogens with one attached hydrogen (secondary N) is 1. The van der Waals surface area contributed by atoms with E-state index < -0.39 is 0 Å². The molecule has 0 spiro atoms. The Morgan fingerprint density at radius 3 is 2.33 bits per heavy atom. The highest BCUT2D eigenvalue weighted by molar-refractivity contribution is 5.28. The molecule has 1 aliphatic heterocycles. The van der Waals surface area contributed by atoms with E-state index in [1.807, 2.05) is 0 Å². The summed E-state index contributed by atoms with van der Waals surface area (Å²) in [4.78, 5) is 2.63. The van der Waals surface area contributed by atoms with E-state index in [0.717, 1.165) is 6.54 Å². The normalized spacial score (nSPS) is 16.3. The Labute approximate surface area is 111 Å². The van der Waals surface area contributed by atoms with Crippen LogP contribution >= 0.6 is 0 Å². The van der Waals surface area contributed by atoms with Crippen molar-refractivity contribution in [2.24, 2.45) is 0 Å². The van der Waals surface area contributed by atoms with Gasteiger partial charge in [-0.25, -0.2) is 0 Å². The number of fused-ring (bicyclic) bond motifs is 1. The van der Waals surface area contributed by atoms with Crippen molar-refractivity contribution in [3.05, 3.63) is 35.4 Å². The molecule has 0 saturated heterocycles. The highest BCUT2D eigenvalue weighted by atomic mass is 15.1. The summed E-state index contributed by atoms with van der Waals surface area (Å²) in [5.41, 5.74) is 3.13. The van der Waals surface area contributed by atoms with E-state index in [9.17, 15) is 0 Å². The van der Waals surface area contributed by atoms with Gasteiger partial charge in [-0.1, -0.05) is 31.2 Å². The van der Waals surface area contributed by atoms with E-state index >= 15 is 0 Å². The highest BCUT2D eigenvalue weighted by Gasteiger charge is 2.12. The lowest BCUT2D eigenvalue weighted by Gasteiger charge is -2.19. The molecule has 2 heteroatoms. The predicted octanol–water partition coefficient (Wildman–Crippen LogP) is 2.48. The highest BCUT2D eigenvalue weighted by Crippen LogP contribution is 2.15. The summed E-state index contributed by atoms with van der Waals surface area (Å²) >= 11 is 0. The van der Waals surface area contributed by atoms with E-state index in [1.165, 1.54) is 51.9 Å². The minimum atomic E-state index is 1.10. The predicted molar refractivity (Wildman–Crippen MR) is 78.1 cm³/mol. The van der Waals surface area contributed by atoms with Crippen LogP contribution in [0.5, 0.6) is 0 Å². The van der Waals surface area contributed by atoms with Gasteiger partial charge in [0.05, 0.1) is 0 Å². The van der Waals surface area contributed by atoms with Crippen molar-refractivity contribution < 1.29 is 0 Å². The van der Waals surface area contributed by atoms with Gasteiger partial charge in [-0.2, -0.15) is 0 Å². The van der Waals surface area contributed by atoms with E-state index in [0.29, 0.717) is 0 Å². The summed E-state index contributed by atoms with van der Waals surface area (Å²) < 4.78 is 0. The molecule has 0 amide bonds. The Kier molecular flexibility index (Phi) is 5.69. The Bertz CT molecular complexity index is 322. The van der Waals surface area contributed by atoms with Gasteiger partial charge in [-0.3, -0.25) is 0 Å². The van der Waals surface area contributed by atoms with Crippen molar-refractivity contribution >= 4 is 0 Å². The number of benzene rings is 1. The molecule has 1 aromatic carbocycles. The van der Waals surface area contributed by atoms with Crippen LogP contribution in [0, 0.1) is 0 Å². The molecular weight excluding hydrogens is 220 g/mol. The topological polar surface area (TPSA) is 15.3 Å². The van der Waals surface area contributed by atoms with Crippen LogP contribution in [0.3, 0.4) is 0 Å². The molecule has 18 heavy (non-hydrogen) atoms. The van der Waals surface area contributed by atoms with Crippen molar-refractivity contribution in [2.45, 2.75) is 32.6 Å². The third kappa shape index (κ3) is 4.11. The van der Waals surface area contributed by atoms with Crippen molar-refractivity contribution in [3.8, 4) is 0 Å². The monoisotopic (exact) mass is 246 g/mol. The average molecular weight is 246 g/mol. The maximum atomic E-state index is 3.39. The van der Waals surface area contributed by atoms with Crippen LogP contribution < -0.4 is 5.32 Å². The third-order valence-corrected chi connectivity index (χ3v) is 3.84. The molecule has 1 heterocycles. The molecule has 0 aromatic heterocycles. The van der Waals surface area contributed by atoms with Gasteiger partial charge in [0.1, 0.15) is 0 Å². The maximum Gasteiger partial charge on any atom is 0.00221 e. The molecule has 1 aliphatic rings. The Morgan fingerprint density at radius 1 is 1.06 bits per heavy atom. The van der Waals surface area contributed by atoms with Gasteiger partial charge < -0.3 is 10.2 Å². The minimum absolute atomic E-state index is 1.10. The molecule has 1 aromatic rings. The first-order chi connectivity index (χ1) is 8.90. The van der Waals surface area contributed by atoms with Crippen molar-refractivity contribution in [2.75, 3.05) is 32.7 Å². The summed E-state index contributed by atoms with van der Waals surface area (Å²) in [7, 11) is 0. The summed E-state index contributed by atoms with van der Waals surface area (Å²) in [5.74, 6) is 0. The molecule has 0 aliphatic carbocycles. The van der Waals surface area contributed by atoms with Crippen LogP contribution in [0.2, 0.25) is 0 Å². The first kappa shape index (κ1) is 13.6. The lowest BCUT2D eigenvalue weighted by Crippen LogP contribution is -2.28. The molecular formula is C16H26N2. The van der Waals surface area contributed by atoms with E-state index in [1.54, 1.807) is 11.1 Å². The fourth-order valence-corrected chi connectivity index (χ4v) is 2.70. The number of hydrogen-bond donors (Lipinski definition) is 1. The summed E-state index contributed by atoms with van der Waals surface area (Å²) in [6.45, 7) is 8.17. The van der Waals surface area contributed by atoms with Gasteiger partial charge in [0.15, 0.2) is 0 Å². The lowest BCUT2D eigenvalue weighted by atomic mass is 10.0. The smallest absolute Gasteiger partial charge is 0.00221 e. The van der Waals surface area contributed by atoms with Gasteiger partial charge in [-0.05, 0) is 56.4 Å². The van der Waals surface area contributed by atoms with E-state index in [4.69, 9.17) is 0 Å². The van der Waals surface area contributed by atoms with Crippen molar-refractivity contribution in [3.63, 3.8) is 0 Å². The van der Waals surface area contributed by atoms with Crippen LogP contribution in [0.4, 0.5) is 0 Å². The first-order valence-electron chi connectivity index (χ1n) is 7.40. The molecule has 0 bridgehead atoms. The van der Waals surface area contributed by atoms with Crippen molar-refractivity contribution in [1.29, 1.82) is 0 Å². The van der Waals surface area contributed by atoms with E-state index in [2.05, 4.69) is 41.4 Å². The van der Waals surface area contributed by atoms with Gasteiger partial charge in [0, 0.05) is 13.1 Å². The molecule has 0 radical (unpaired) electrons. The Balaban J connectivity index is 1.71. The second-order valence-corrected chi connectivity index (χ2v) is 5.17. The molecule has 2 nitrogen and oxygen atoms in total. The van der Waals surface area contributed by atoms with Gasteiger partial charge in [0.25, 0.3) is 0 Å². The fraction of sp³-hybridized carbons (Fsp3) is 0.625. The first-order valence-corrected chi connectivity index (χ1v) is 7.40. The van der Waals surface area contributed by atoms with E-state index in [-0.39, 0.29) is 0 Å². The second-order valence-electron chi connectivity index (χ2n) is 5.17. The number of rotatable bonds is 6. The molecule has 0 atom stereocenters. The molecule has 2 rings (SSSR count). The average Bonchev–Trinajstić information content (AvgIpc) is 2.61. The van der Waals surface area contributed by atoms with Crippen molar-refractivity contribution in [1.82, 2.24) is 10.2 Å². The standard InChI is InChI=1S/C16H26N2/c1-2-17-11-5-6-12-18-13-9-15-7-3-4-8-16(15)10-14-18/h3-4,7-8,17H,2,5-6,9-14H2,1H3. The molecule has 1 N–H and O–H groups in total. The number of nitrogens with zero attached hydrogens (tertiary/aromatic N) is 1. The minimum Gasteiger partial charge on any atom is -0.317 e. The van der Waals surface area contributed by atoms with Crippen LogP contribution in [-0.2, 0) is 12.8 Å². The maximum absolute atomic E-state index is 3.39. The second kappa shape index (κ2) is 7.55. The quantitative estimate of drug-likeness (QED) is 0.776. The van der Waals surface area contributed by atoms with Crippen LogP contribution in [0.1, 0.15) is 30.9 Å². The Hall–Kier alpha value is -0.860. The molecule has 0 unspecified atom stereocenters. The number of hydrogen-bond acceptors (Lipinski definition) is 2. The molecule has 0 fully saturated rings. The Morgan fingerprint density at radius 2 is 1.72 bits per heavy atom. The lowest BCUT2D eigenvalue weighted by molar-refractivity contribution is 0.281. The zero-order chi connectivity index (χ0) is 12.6. The molecule has 0 saturated carbocycles. The zero-order valence-corrected chi connectivity index (χ0v) is 11.6. The molecule has 100 valence electrons. The van der Waals surface area contributed by atoms with Gasteiger partial charge in [-0.15, -0.1) is 0 Å².